The Morgan fingerprint density at radius 2 is 1.76 bits per heavy atom. The summed E-state index contributed by atoms with van der Waals surface area (Å²) in [6.45, 7) is 3.32. The molecule has 0 radical (unpaired) electrons. The Bertz CT molecular complexity index is 927. The second kappa shape index (κ2) is 9.96. The van der Waals surface area contributed by atoms with Crippen molar-refractivity contribution in [2.75, 3.05) is 26.9 Å². The number of imide groups is 1. The summed E-state index contributed by atoms with van der Waals surface area (Å²) < 4.78 is 10.8. The molecule has 7 heteroatoms. The molecule has 0 N–H and O–H groups in total. The van der Waals surface area contributed by atoms with E-state index < -0.39 is 0 Å². The lowest BCUT2D eigenvalue weighted by molar-refractivity contribution is -0.136. The first kappa shape index (κ1) is 21.4. The number of ether oxygens (including phenoxy) is 2. The minimum absolute atomic E-state index is 0.299. The van der Waals surface area contributed by atoms with E-state index in [0.717, 1.165) is 4.90 Å². The predicted octanol–water partition coefficient (Wildman–Crippen LogP) is 4.65. The summed E-state index contributed by atoms with van der Waals surface area (Å²) in [5.41, 5.74) is 0.973. The molecule has 0 unspecified atom stereocenters. The highest BCUT2D eigenvalue weighted by Crippen LogP contribution is 2.42. The first-order chi connectivity index (χ1) is 14.1. The van der Waals surface area contributed by atoms with E-state index in [4.69, 9.17) is 21.1 Å². The van der Waals surface area contributed by atoms with Gasteiger partial charge in [0.15, 0.2) is 0 Å². The summed E-state index contributed by atoms with van der Waals surface area (Å²) >= 11 is 7.23. The number of hydrogen-bond acceptors (Lipinski definition) is 5. The highest BCUT2D eigenvalue weighted by molar-refractivity contribution is 8.04. The molecule has 1 aliphatic rings. The summed E-state index contributed by atoms with van der Waals surface area (Å²) in [6, 6.07) is 14.4. The van der Waals surface area contributed by atoms with Crippen molar-refractivity contribution in [3.05, 3.63) is 64.0 Å². The molecule has 2 amide bonds. The van der Waals surface area contributed by atoms with Crippen molar-refractivity contribution in [2.24, 2.45) is 0 Å². The Kier molecular flexibility index (Phi) is 7.36. The lowest BCUT2D eigenvalue weighted by Crippen LogP contribution is -2.33. The van der Waals surface area contributed by atoms with Crippen LogP contribution in [0.25, 0.3) is 5.57 Å². The molecule has 0 aromatic heterocycles. The van der Waals surface area contributed by atoms with Gasteiger partial charge in [0.1, 0.15) is 5.75 Å². The van der Waals surface area contributed by atoms with Crippen LogP contribution in [0.4, 0.5) is 0 Å². The predicted molar refractivity (Wildman–Crippen MR) is 115 cm³/mol. The zero-order valence-corrected chi connectivity index (χ0v) is 17.9. The third-order valence-corrected chi connectivity index (χ3v) is 5.75. The fourth-order valence-electron chi connectivity index (χ4n) is 3.03. The Morgan fingerprint density at radius 3 is 2.45 bits per heavy atom. The number of nitrogens with zero attached hydrogens (tertiary/aromatic N) is 1. The largest absolute Gasteiger partial charge is 0.496 e. The topological polar surface area (TPSA) is 55.8 Å². The van der Waals surface area contributed by atoms with Crippen LogP contribution in [0.15, 0.2) is 58.3 Å². The molecule has 0 aliphatic carbocycles. The van der Waals surface area contributed by atoms with Gasteiger partial charge in [0.25, 0.3) is 11.8 Å². The Morgan fingerprint density at radius 1 is 1.03 bits per heavy atom. The fourth-order valence-corrected chi connectivity index (χ4v) is 4.16. The van der Waals surface area contributed by atoms with E-state index >= 15 is 0 Å². The molecule has 2 aromatic carbocycles. The van der Waals surface area contributed by atoms with E-state index in [1.54, 1.807) is 31.4 Å². The van der Waals surface area contributed by atoms with Crippen molar-refractivity contribution in [1.82, 2.24) is 4.90 Å². The third kappa shape index (κ3) is 4.83. The van der Waals surface area contributed by atoms with Crippen LogP contribution in [-0.2, 0) is 14.3 Å². The van der Waals surface area contributed by atoms with Gasteiger partial charge in [-0.1, -0.05) is 41.6 Å². The van der Waals surface area contributed by atoms with Gasteiger partial charge in [-0.25, -0.2) is 0 Å². The molecule has 0 bridgehead atoms. The molecule has 152 valence electrons. The smallest absolute Gasteiger partial charge is 0.268 e. The van der Waals surface area contributed by atoms with Crippen molar-refractivity contribution in [3.8, 4) is 5.75 Å². The van der Waals surface area contributed by atoms with Crippen LogP contribution in [-0.4, -0.2) is 43.6 Å². The molecule has 5 nitrogen and oxygen atoms in total. The second-order valence-corrected chi connectivity index (χ2v) is 7.79. The highest BCUT2D eigenvalue weighted by Gasteiger charge is 2.40. The first-order valence-corrected chi connectivity index (χ1v) is 10.5. The average molecular weight is 432 g/mol. The molecule has 29 heavy (non-hydrogen) atoms. The number of methoxy groups -OCH3 is 1. The van der Waals surface area contributed by atoms with E-state index in [0.29, 0.717) is 53.0 Å². The lowest BCUT2D eigenvalue weighted by Gasteiger charge is -2.15. The number of carbonyl (C=O) groups is 2. The van der Waals surface area contributed by atoms with Crippen LogP contribution >= 0.6 is 23.4 Å². The summed E-state index contributed by atoms with van der Waals surface area (Å²) in [7, 11) is 1.55. The van der Waals surface area contributed by atoms with Gasteiger partial charge in [0.05, 0.1) is 17.6 Å². The zero-order valence-electron chi connectivity index (χ0n) is 16.3. The maximum absolute atomic E-state index is 13.2. The van der Waals surface area contributed by atoms with E-state index in [9.17, 15) is 9.59 Å². The van der Waals surface area contributed by atoms with E-state index in [1.807, 2.05) is 31.2 Å². The molecule has 3 rings (SSSR count). The Balaban J connectivity index is 1.98. The van der Waals surface area contributed by atoms with Crippen LogP contribution in [0, 0.1) is 0 Å². The minimum atomic E-state index is -0.313. The van der Waals surface area contributed by atoms with E-state index in [1.165, 1.54) is 16.7 Å². The van der Waals surface area contributed by atoms with Crippen molar-refractivity contribution >= 4 is 40.8 Å². The van der Waals surface area contributed by atoms with Crippen LogP contribution < -0.4 is 4.74 Å². The van der Waals surface area contributed by atoms with E-state index in [2.05, 4.69) is 0 Å². The summed E-state index contributed by atoms with van der Waals surface area (Å²) in [5, 5.41) is 0.611. The first-order valence-electron chi connectivity index (χ1n) is 9.31. The quantitative estimate of drug-likeness (QED) is 0.427. The second-order valence-electron chi connectivity index (χ2n) is 6.27. The number of amides is 2. The third-order valence-electron chi connectivity index (χ3n) is 4.41. The number of rotatable bonds is 9. The maximum atomic E-state index is 13.2. The van der Waals surface area contributed by atoms with E-state index in [-0.39, 0.29) is 11.8 Å². The van der Waals surface area contributed by atoms with Crippen molar-refractivity contribution < 1.29 is 19.1 Å². The van der Waals surface area contributed by atoms with Gasteiger partial charge < -0.3 is 9.47 Å². The van der Waals surface area contributed by atoms with Crippen LogP contribution in [0.1, 0.15) is 18.9 Å². The molecule has 0 spiro atoms. The number of hydrogen-bond donors (Lipinski definition) is 0. The Labute approximate surface area is 179 Å². The normalized spacial score (nSPS) is 14.1. The van der Waals surface area contributed by atoms with Crippen molar-refractivity contribution in [3.63, 3.8) is 0 Å². The minimum Gasteiger partial charge on any atom is -0.496 e. The van der Waals surface area contributed by atoms with Crippen LogP contribution in [0.5, 0.6) is 5.75 Å². The number of para-hydroxylation sites is 1. The molecule has 0 saturated carbocycles. The van der Waals surface area contributed by atoms with Crippen molar-refractivity contribution in [2.45, 2.75) is 18.2 Å². The molecular weight excluding hydrogens is 410 g/mol. The standard InChI is InChI=1S/C22H22ClNO4S/c1-3-28-14-6-13-24-21(25)19(17-7-4-5-8-18(17)27-2)20(22(24)26)29-16-11-9-15(23)10-12-16/h4-5,7-12H,3,6,13-14H2,1-2H3. The average Bonchev–Trinajstić information content (AvgIpc) is 2.96. The summed E-state index contributed by atoms with van der Waals surface area (Å²) in [5.74, 6) is -0.0613. The molecule has 0 saturated heterocycles. The fraction of sp³-hybridized carbons (Fsp3) is 0.273. The number of halogens is 1. The van der Waals surface area contributed by atoms with Gasteiger partial charge in [-0.2, -0.15) is 0 Å². The SMILES string of the molecule is CCOCCCN1C(=O)C(Sc2ccc(Cl)cc2)=C(c2ccccc2OC)C1=O. The van der Waals surface area contributed by atoms with Crippen LogP contribution in [0.2, 0.25) is 5.02 Å². The Hall–Kier alpha value is -2.28. The maximum Gasteiger partial charge on any atom is 0.268 e. The zero-order chi connectivity index (χ0) is 20.8. The molecule has 0 atom stereocenters. The summed E-state index contributed by atoms with van der Waals surface area (Å²) in [4.78, 5) is 28.9. The lowest BCUT2D eigenvalue weighted by atomic mass is 10.1. The highest BCUT2D eigenvalue weighted by atomic mass is 35.5. The summed E-state index contributed by atoms with van der Waals surface area (Å²) in [6.07, 6.45) is 0.587. The molecule has 0 fully saturated rings. The monoisotopic (exact) mass is 431 g/mol. The van der Waals surface area contributed by atoms with Crippen LogP contribution in [0.3, 0.4) is 0 Å². The van der Waals surface area contributed by atoms with Gasteiger partial charge >= 0.3 is 0 Å². The number of benzene rings is 2. The molecular formula is C22H22ClNO4S. The van der Waals surface area contributed by atoms with Gasteiger partial charge in [0, 0.05) is 35.2 Å². The number of carbonyl (C=O) groups excluding carboxylic acids is 2. The van der Waals surface area contributed by atoms with Gasteiger partial charge in [0.2, 0.25) is 0 Å². The van der Waals surface area contributed by atoms with Crippen molar-refractivity contribution in [1.29, 1.82) is 0 Å². The molecule has 2 aromatic rings. The van der Waals surface area contributed by atoms with Gasteiger partial charge in [-0.05, 0) is 43.7 Å². The molecule has 1 heterocycles. The van der Waals surface area contributed by atoms with Gasteiger partial charge in [-0.15, -0.1) is 0 Å². The number of thioether (sulfide) groups is 1. The van der Waals surface area contributed by atoms with Gasteiger partial charge in [-0.3, -0.25) is 14.5 Å². The molecule has 1 aliphatic heterocycles.